The summed E-state index contributed by atoms with van der Waals surface area (Å²) in [5.74, 6) is -0.555. The number of rotatable bonds is 4. The molecule has 1 fully saturated rings. The molecular weight excluding hydrogens is 448 g/mol. The Hall–Kier alpha value is -3.55. The Labute approximate surface area is 199 Å². The van der Waals surface area contributed by atoms with Gasteiger partial charge in [0, 0.05) is 49.4 Å². The lowest BCUT2D eigenvalue weighted by atomic mass is 10.0. The minimum atomic E-state index is -3.87. The highest BCUT2D eigenvalue weighted by atomic mass is 32.2. The number of nitrogens with zero attached hydrogens (tertiary/aromatic N) is 2. The second-order valence-corrected chi connectivity index (χ2v) is 10.3. The summed E-state index contributed by atoms with van der Waals surface area (Å²) in [6.07, 6.45) is 4.21. The number of hydrogen-bond acceptors (Lipinski definition) is 5. The maximum atomic E-state index is 13.1. The van der Waals surface area contributed by atoms with Gasteiger partial charge in [0.25, 0.3) is 5.91 Å². The summed E-state index contributed by atoms with van der Waals surface area (Å²) in [5.41, 5.74) is 1.73. The topological polar surface area (TPSA) is 74.8 Å². The van der Waals surface area contributed by atoms with E-state index in [0.717, 1.165) is 25.2 Å². The molecule has 2 aliphatic rings. The van der Waals surface area contributed by atoms with Crippen LogP contribution in [0.5, 0.6) is 0 Å². The highest BCUT2D eigenvalue weighted by molar-refractivity contribution is 7.91. The molecule has 0 spiro atoms. The minimum absolute atomic E-state index is 0.00530. The number of piperazine rings is 1. The molecule has 6 nitrogen and oxygen atoms in total. The molecule has 1 amide bonds. The molecule has 0 saturated carbocycles. The van der Waals surface area contributed by atoms with Gasteiger partial charge in [0.05, 0.1) is 9.79 Å². The van der Waals surface area contributed by atoms with Gasteiger partial charge >= 0.3 is 0 Å². The van der Waals surface area contributed by atoms with Gasteiger partial charge in [0.2, 0.25) is 9.84 Å². The summed E-state index contributed by atoms with van der Waals surface area (Å²) in [4.78, 5) is 29.9. The normalized spacial score (nSPS) is 17.4. The van der Waals surface area contributed by atoms with E-state index in [1.54, 1.807) is 23.1 Å². The molecule has 0 atom stereocenters. The Bertz CT molecular complexity index is 1390. The van der Waals surface area contributed by atoms with Crippen molar-refractivity contribution >= 4 is 27.6 Å². The molecule has 34 heavy (non-hydrogen) atoms. The summed E-state index contributed by atoms with van der Waals surface area (Å²) in [6.45, 7) is 3.39. The first-order valence-electron chi connectivity index (χ1n) is 11.2. The van der Waals surface area contributed by atoms with Crippen molar-refractivity contribution in [2.24, 2.45) is 0 Å². The number of fused-ring (bicyclic) bond motifs is 2. The van der Waals surface area contributed by atoms with Crippen LogP contribution in [-0.4, -0.2) is 62.6 Å². The van der Waals surface area contributed by atoms with Gasteiger partial charge in [0.15, 0.2) is 5.78 Å². The lowest BCUT2D eigenvalue weighted by molar-refractivity contribution is 0.0649. The maximum Gasteiger partial charge on any atom is 0.253 e. The predicted octanol–water partition coefficient (Wildman–Crippen LogP) is 3.54. The highest BCUT2D eigenvalue weighted by Crippen LogP contribution is 2.35. The predicted molar refractivity (Wildman–Crippen MR) is 130 cm³/mol. The van der Waals surface area contributed by atoms with Crippen molar-refractivity contribution in [2.75, 3.05) is 32.7 Å². The van der Waals surface area contributed by atoms with Crippen LogP contribution < -0.4 is 0 Å². The lowest BCUT2D eigenvalue weighted by Crippen LogP contribution is -2.48. The molecule has 3 aromatic rings. The minimum Gasteiger partial charge on any atom is -0.336 e. The number of carbonyl (C=O) groups excluding carboxylic acids is 2. The maximum absolute atomic E-state index is 13.1. The zero-order chi connectivity index (χ0) is 23.7. The Morgan fingerprint density at radius 1 is 0.824 bits per heavy atom. The van der Waals surface area contributed by atoms with Crippen LogP contribution in [0.1, 0.15) is 31.8 Å². The second kappa shape index (κ2) is 9.00. The van der Waals surface area contributed by atoms with E-state index >= 15 is 0 Å². The number of benzene rings is 3. The third kappa shape index (κ3) is 4.08. The van der Waals surface area contributed by atoms with E-state index in [4.69, 9.17) is 0 Å². The fraction of sp³-hybridized carbons (Fsp3) is 0.185. The summed E-state index contributed by atoms with van der Waals surface area (Å²) < 4.78 is 26.3. The van der Waals surface area contributed by atoms with Crippen LogP contribution in [0.3, 0.4) is 0 Å². The molecule has 0 bridgehead atoms. The number of carbonyl (C=O) groups is 2. The largest absolute Gasteiger partial charge is 0.336 e. The molecule has 0 aromatic heterocycles. The van der Waals surface area contributed by atoms with Gasteiger partial charge in [-0.15, -0.1) is 0 Å². The average molecular weight is 473 g/mol. The zero-order valence-corrected chi connectivity index (χ0v) is 19.4. The van der Waals surface area contributed by atoms with Crippen LogP contribution >= 0.6 is 0 Å². The Morgan fingerprint density at radius 2 is 1.50 bits per heavy atom. The zero-order valence-electron chi connectivity index (χ0n) is 18.6. The quantitative estimate of drug-likeness (QED) is 0.454. The fourth-order valence-corrected chi connectivity index (χ4v) is 6.11. The van der Waals surface area contributed by atoms with Crippen molar-refractivity contribution < 1.29 is 18.0 Å². The van der Waals surface area contributed by atoms with Crippen LogP contribution in [-0.2, 0) is 9.84 Å². The Kier molecular flexibility index (Phi) is 5.89. The SMILES string of the molecule is O=C1c2ccccc2S(=O)(=O)c2cc(C(=O)N3CCN(C/C=C/c4ccccc4)CC3)ccc21. The summed E-state index contributed by atoms with van der Waals surface area (Å²) in [5, 5.41) is 0. The molecule has 0 unspecified atom stereocenters. The molecule has 2 heterocycles. The van der Waals surface area contributed by atoms with E-state index in [1.165, 1.54) is 24.3 Å². The van der Waals surface area contributed by atoms with Gasteiger partial charge in [-0.1, -0.05) is 54.6 Å². The van der Waals surface area contributed by atoms with E-state index in [2.05, 4.69) is 29.2 Å². The standard InChI is InChI=1S/C27H24N2O4S/c30-26-22-10-4-5-11-24(22)34(32,33)25-19-21(12-13-23(25)26)27(31)29-17-15-28(16-18-29)14-6-9-20-7-2-1-3-8-20/h1-13,19H,14-18H2/b9-6+. The van der Waals surface area contributed by atoms with Gasteiger partial charge in [-0.3, -0.25) is 14.5 Å². The van der Waals surface area contributed by atoms with E-state index in [1.807, 2.05) is 18.2 Å². The molecular formula is C27H24N2O4S. The average Bonchev–Trinajstić information content (AvgIpc) is 2.88. The first-order chi connectivity index (χ1) is 16.4. The number of sulfone groups is 1. The summed E-state index contributed by atoms with van der Waals surface area (Å²) >= 11 is 0. The van der Waals surface area contributed by atoms with E-state index < -0.39 is 9.84 Å². The molecule has 2 aliphatic heterocycles. The molecule has 0 aliphatic carbocycles. The summed E-state index contributed by atoms with van der Waals surface area (Å²) in [6, 6.07) is 20.7. The third-order valence-electron chi connectivity index (χ3n) is 6.32. The van der Waals surface area contributed by atoms with Gasteiger partial charge in [-0.2, -0.15) is 0 Å². The van der Waals surface area contributed by atoms with Crippen molar-refractivity contribution in [3.05, 3.63) is 101 Å². The van der Waals surface area contributed by atoms with E-state index in [9.17, 15) is 18.0 Å². The third-order valence-corrected chi connectivity index (χ3v) is 8.17. The van der Waals surface area contributed by atoms with Crippen molar-refractivity contribution in [3.63, 3.8) is 0 Å². The lowest BCUT2D eigenvalue weighted by Gasteiger charge is -2.34. The molecule has 0 N–H and O–H groups in total. The molecule has 172 valence electrons. The first kappa shape index (κ1) is 22.3. The van der Waals surface area contributed by atoms with Gasteiger partial charge in [-0.25, -0.2) is 8.42 Å². The number of ketones is 1. The molecule has 1 saturated heterocycles. The monoisotopic (exact) mass is 472 g/mol. The molecule has 7 heteroatoms. The van der Waals surface area contributed by atoms with Crippen molar-refractivity contribution in [3.8, 4) is 0 Å². The van der Waals surface area contributed by atoms with Crippen molar-refractivity contribution in [2.45, 2.75) is 9.79 Å². The van der Waals surface area contributed by atoms with Crippen LogP contribution in [0.2, 0.25) is 0 Å². The fourth-order valence-electron chi connectivity index (χ4n) is 4.44. The second-order valence-electron chi connectivity index (χ2n) is 8.45. The highest BCUT2D eigenvalue weighted by Gasteiger charge is 2.35. The van der Waals surface area contributed by atoms with Gasteiger partial charge < -0.3 is 4.90 Å². The van der Waals surface area contributed by atoms with Gasteiger partial charge in [0.1, 0.15) is 0 Å². The Morgan fingerprint density at radius 3 is 2.26 bits per heavy atom. The molecule has 5 rings (SSSR count). The smallest absolute Gasteiger partial charge is 0.253 e. The van der Waals surface area contributed by atoms with Crippen LogP contribution in [0.25, 0.3) is 6.08 Å². The number of amides is 1. The van der Waals surface area contributed by atoms with Crippen molar-refractivity contribution in [1.82, 2.24) is 9.80 Å². The molecule has 3 aromatic carbocycles. The van der Waals surface area contributed by atoms with Gasteiger partial charge in [-0.05, 0) is 35.9 Å². The Balaban J connectivity index is 1.28. The molecule has 0 radical (unpaired) electrons. The van der Waals surface area contributed by atoms with Crippen LogP contribution in [0, 0.1) is 0 Å². The van der Waals surface area contributed by atoms with Crippen LogP contribution in [0.4, 0.5) is 0 Å². The summed E-state index contributed by atoms with van der Waals surface area (Å²) in [7, 11) is -3.87. The van der Waals surface area contributed by atoms with E-state index in [0.29, 0.717) is 13.1 Å². The van der Waals surface area contributed by atoms with Crippen LogP contribution in [0.15, 0.2) is 88.7 Å². The number of hydrogen-bond donors (Lipinski definition) is 0. The van der Waals surface area contributed by atoms with Crippen molar-refractivity contribution in [1.29, 1.82) is 0 Å². The van der Waals surface area contributed by atoms with E-state index in [-0.39, 0.29) is 38.2 Å². The first-order valence-corrected chi connectivity index (χ1v) is 12.7.